The average molecular weight is 397 g/mol. The van der Waals surface area contributed by atoms with Crippen LogP contribution in [0.5, 0.6) is 5.75 Å². The molecule has 0 heterocycles. The molecule has 4 unspecified atom stereocenters. The standard InChI is InChI=1S/C17H23N3O8/c1-8(21)14(17(27)28)20-16(26)12(6-9-2-4-10(22)5-3-9)19-15(25)11(18)7-13(23)24/h2-5,8,11-12,14,21-22H,6-7,18H2,1H3,(H,19,25)(H,20,26)(H,23,24)(H,27,28). The second-order valence-corrected chi connectivity index (χ2v) is 6.20. The van der Waals surface area contributed by atoms with Crippen LogP contribution in [0.3, 0.4) is 0 Å². The molecule has 0 aliphatic heterocycles. The van der Waals surface area contributed by atoms with Crippen molar-refractivity contribution in [1.82, 2.24) is 10.6 Å². The Balaban J connectivity index is 3.00. The summed E-state index contributed by atoms with van der Waals surface area (Å²) >= 11 is 0. The van der Waals surface area contributed by atoms with Crippen molar-refractivity contribution in [2.75, 3.05) is 0 Å². The molecule has 154 valence electrons. The van der Waals surface area contributed by atoms with E-state index in [1.807, 2.05) is 0 Å². The van der Waals surface area contributed by atoms with E-state index < -0.39 is 54.4 Å². The van der Waals surface area contributed by atoms with Crippen LogP contribution in [0.1, 0.15) is 18.9 Å². The molecule has 1 aromatic rings. The SMILES string of the molecule is CC(O)C(NC(=O)C(Cc1ccc(O)cc1)NC(=O)C(N)CC(=O)O)C(=O)O. The van der Waals surface area contributed by atoms with Crippen LogP contribution in [0.2, 0.25) is 0 Å². The van der Waals surface area contributed by atoms with Crippen molar-refractivity contribution in [1.29, 1.82) is 0 Å². The van der Waals surface area contributed by atoms with Crippen LogP contribution in [0.4, 0.5) is 0 Å². The molecular formula is C17H23N3O8. The first-order chi connectivity index (χ1) is 13.0. The molecule has 0 fully saturated rings. The molecule has 28 heavy (non-hydrogen) atoms. The molecule has 4 atom stereocenters. The van der Waals surface area contributed by atoms with Crippen molar-refractivity contribution in [2.24, 2.45) is 5.73 Å². The van der Waals surface area contributed by atoms with Crippen LogP contribution in [0.25, 0.3) is 0 Å². The van der Waals surface area contributed by atoms with Crippen molar-refractivity contribution in [3.8, 4) is 5.75 Å². The first-order valence-corrected chi connectivity index (χ1v) is 8.28. The summed E-state index contributed by atoms with van der Waals surface area (Å²) < 4.78 is 0. The topological polar surface area (TPSA) is 199 Å². The lowest BCUT2D eigenvalue weighted by atomic mass is 10.0. The fourth-order valence-electron chi connectivity index (χ4n) is 2.28. The molecule has 0 saturated carbocycles. The molecule has 8 N–H and O–H groups in total. The number of carboxylic acids is 2. The lowest BCUT2D eigenvalue weighted by molar-refractivity contribution is -0.145. The number of carbonyl (C=O) groups excluding carboxylic acids is 2. The number of rotatable bonds is 10. The molecule has 0 aromatic heterocycles. The Labute approximate surface area is 160 Å². The third-order valence-electron chi connectivity index (χ3n) is 3.79. The number of hydrogen-bond donors (Lipinski definition) is 7. The maximum Gasteiger partial charge on any atom is 0.328 e. The van der Waals surface area contributed by atoms with E-state index in [4.69, 9.17) is 15.9 Å². The minimum Gasteiger partial charge on any atom is -0.508 e. The highest BCUT2D eigenvalue weighted by atomic mass is 16.4. The van der Waals surface area contributed by atoms with Gasteiger partial charge in [0.25, 0.3) is 0 Å². The van der Waals surface area contributed by atoms with Crippen molar-refractivity contribution in [3.63, 3.8) is 0 Å². The molecule has 11 heteroatoms. The van der Waals surface area contributed by atoms with E-state index in [1.165, 1.54) is 31.2 Å². The van der Waals surface area contributed by atoms with Crippen molar-refractivity contribution in [3.05, 3.63) is 29.8 Å². The predicted octanol–water partition coefficient (Wildman–Crippen LogP) is -1.83. The quantitative estimate of drug-likeness (QED) is 0.237. The molecule has 0 aliphatic carbocycles. The first-order valence-electron chi connectivity index (χ1n) is 8.28. The monoisotopic (exact) mass is 397 g/mol. The first kappa shape index (κ1) is 22.9. The van der Waals surface area contributed by atoms with E-state index in [2.05, 4.69) is 10.6 Å². The number of nitrogens with two attached hydrogens (primary N) is 1. The van der Waals surface area contributed by atoms with Gasteiger partial charge >= 0.3 is 11.9 Å². The fourth-order valence-corrected chi connectivity index (χ4v) is 2.28. The summed E-state index contributed by atoms with van der Waals surface area (Å²) in [6, 6.07) is 1.37. The third-order valence-corrected chi connectivity index (χ3v) is 3.79. The number of amides is 2. The second kappa shape index (κ2) is 10.2. The Kier molecular flexibility index (Phi) is 8.35. The van der Waals surface area contributed by atoms with Crippen LogP contribution >= 0.6 is 0 Å². The minimum atomic E-state index is -1.61. The van der Waals surface area contributed by atoms with Crippen molar-refractivity contribution >= 4 is 23.8 Å². The maximum absolute atomic E-state index is 12.5. The lowest BCUT2D eigenvalue weighted by Crippen LogP contribution is -2.57. The number of aliphatic carboxylic acids is 2. The largest absolute Gasteiger partial charge is 0.508 e. The molecule has 1 aromatic carbocycles. The normalized spacial score (nSPS) is 15.0. The van der Waals surface area contributed by atoms with Gasteiger partial charge in [-0.2, -0.15) is 0 Å². The maximum atomic E-state index is 12.5. The zero-order chi connectivity index (χ0) is 21.4. The number of carbonyl (C=O) groups is 4. The van der Waals surface area contributed by atoms with E-state index in [0.717, 1.165) is 0 Å². The highest BCUT2D eigenvalue weighted by Gasteiger charge is 2.30. The van der Waals surface area contributed by atoms with Gasteiger partial charge in [0.15, 0.2) is 6.04 Å². The lowest BCUT2D eigenvalue weighted by Gasteiger charge is -2.24. The zero-order valence-corrected chi connectivity index (χ0v) is 15.0. The number of phenolic OH excluding ortho intramolecular Hbond substituents is 1. The molecule has 0 radical (unpaired) electrons. The molecule has 0 aliphatic rings. The van der Waals surface area contributed by atoms with Crippen LogP contribution in [0, 0.1) is 0 Å². The summed E-state index contributed by atoms with van der Waals surface area (Å²) in [5.74, 6) is -4.61. The van der Waals surface area contributed by atoms with E-state index in [-0.39, 0.29) is 12.2 Å². The number of aliphatic hydroxyl groups is 1. The third kappa shape index (κ3) is 7.21. The zero-order valence-electron chi connectivity index (χ0n) is 15.0. The van der Waals surface area contributed by atoms with Gasteiger partial charge in [-0.05, 0) is 24.6 Å². The molecule has 0 saturated heterocycles. The number of hydrogen-bond acceptors (Lipinski definition) is 7. The Hall–Kier alpha value is -3.18. The summed E-state index contributed by atoms with van der Waals surface area (Å²) in [6.45, 7) is 1.18. The van der Waals surface area contributed by atoms with E-state index >= 15 is 0 Å². The molecule has 11 nitrogen and oxygen atoms in total. The number of nitrogens with one attached hydrogen (secondary N) is 2. The second-order valence-electron chi connectivity index (χ2n) is 6.20. The summed E-state index contributed by atoms with van der Waals surface area (Å²) in [5, 5.41) is 41.1. The van der Waals surface area contributed by atoms with E-state index in [1.54, 1.807) is 0 Å². The van der Waals surface area contributed by atoms with Crippen LogP contribution in [-0.2, 0) is 25.6 Å². The highest BCUT2D eigenvalue weighted by Crippen LogP contribution is 2.12. The van der Waals surface area contributed by atoms with Gasteiger partial charge in [0.2, 0.25) is 11.8 Å². The van der Waals surface area contributed by atoms with Gasteiger partial charge in [-0.3, -0.25) is 14.4 Å². The predicted molar refractivity (Wildman–Crippen MR) is 95.2 cm³/mol. The molecule has 0 spiro atoms. The average Bonchev–Trinajstić information content (AvgIpc) is 2.59. The van der Waals surface area contributed by atoms with Crippen molar-refractivity contribution in [2.45, 2.75) is 44.0 Å². The summed E-state index contributed by atoms with van der Waals surface area (Å²) in [5.41, 5.74) is 6.01. The van der Waals surface area contributed by atoms with Gasteiger partial charge in [0.05, 0.1) is 18.6 Å². The Morgan fingerprint density at radius 3 is 2.07 bits per heavy atom. The Morgan fingerprint density at radius 1 is 1.04 bits per heavy atom. The van der Waals surface area contributed by atoms with Gasteiger partial charge in [0.1, 0.15) is 11.8 Å². The van der Waals surface area contributed by atoms with Crippen molar-refractivity contribution < 1.29 is 39.6 Å². The van der Waals surface area contributed by atoms with Gasteiger partial charge in [-0.1, -0.05) is 12.1 Å². The molecule has 1 rings (SSSR count). The van der Waals surface area contributed by atoms with Crippen LogP contribution < -0.4 is 16.4 Å². The summed E-state index contributed by atoms with van der Waals surface area (Å²) in [7, 11) is 0. The highest BCUT2D eigenvalue weighted by molar-refractivity contribution is 5.93. The molecule has 2 amide bonds. The number of carboxylic acid groups (broad SMARTS) is 2. The van der Waals surface area contributed by atoms with Gasteiger partial charge in [0, 0.05) is 6.42 Å². The minimum absolute atomic E-state index is 0.0164. The number of phenols is 1. The smallest absolute Gasteiger partial charge is 0.328 e. The molecular weight excluding hydrogens is 374 g/mol. The van der Waals surface area contributed by atoms with Gasteiger partial charge < -0.3 is 36.8 Å². The number of aromatic hydroxyl groups is 1. The van der Waals surface area contributed by atoms with E-state index in [9.17, 15) is 29.4 Å². The Bertz CT molecular complexity index is 720. The van der Waals surface area contributed by atoms with Crippen LogP contribution in [-0.4, -0.2) is 68.4 Å². The van der Waals surface area contributed by atoms with Crippen LogP contribution in [0.15, 0.2) is 24.3 Å². The summed E-state index contributed by atoms with van der Waals surface area (Å²) in [4.78, 5) is 46.5. The summed E-state index contributed by atoms with van der Waals surface area (Å²) in [6.07, 6.45) is -2.16. The number of benzene rings is 1. The van der Waals surface area contributed by atoms with Gasteiger partial charge in [-0.15, -0.1) is 0 Å². The Morgan fingerprint density at radius 2 is 1.61 bits per heavy atom. The van der Waals surface area contributed by atoms with Gasteiger partial charge in [-0.25, -0.2) is 4.79 Å². The molecule has 0 bridgehead atoms. The number of aliphatic hydroxyl groups excluding tert-OH is 1. The fraction of sp³-hybridized carbons (Fsp3) is 0.412. The van der Waals surface area contributed by atoms with E-state index in [0.29, 0.717) is 5.56 Å².